The Balaban J connectivity index is 2.73. The van der Waals surface area contributed by atoms with Gasteiger partial charge < -0.3 is 0 Å². The normalized spacial score (nSPS) is 20.5. The zero-order valence-corrected chi connectivity index (χ0v) is 8.00. The van der Waals surface area contributed by atoms with Crippen LogP contribution >= 0.6 is 19.9 Å². The van der Waals surface area contributed by atoms with Crippen molar-refractivity contribution < 1.29 is 0 Å². The highest BCUT2D eigenvalue weighted by Crippen LogP contribution is 2.54. The lowest BCUT2D eigenvalue weighted by molar-refractivity contribution is 1.03. The average molecular weight is 177 g/mol. The number of allylic oxidation sites excluding steroid dienone is 3. The maximum Gasteiger partial charge on any atom is -0.00182 e. The third-order valence-corrected chi connectivity index (χ3v) is 3.48. The fourth-order valence-electron chi connectivity index (χ4n) is 0.949. The topological polar surface area (TPSA) is 0 Å². The molecule has 10 heavy (non-hydrogen) atoms. The molecule has 0 saturated carbocycles. The Labute approximate surface area is 68.8 Å². The zero-order valence-electron chi connectivity index (χ0n) is 6.43. The van der Waals surface area contributed by atoms with E-state index in [-0.39, 0.29) is 0 Å². The minimum absolute atomic E-state index is 0.979. The van der Waals surface area contributed by atoms with Crippen LogP contribution in [0.2, 0.25) is 0 Å². The molecule has 1 aliphatic rings. The molecule has 0 aromatic carbocycles. The van der Waals surface area contributed by atoms with Gasteiger partial charge in [-0.05, 0) is 30.3 Å². The van der Waals surface area contributed by atoms with Crippen LogP contribution in [0.1, 0.15) is 12.8 Å². The van der Waals surface area contributed by atoms with Crippen molar-refractivity contribution >= 4 is 19.9 Å². The number of rotatable bonds is 1. The summed E-state index contributed by atoms with van der Waals surface area (Å²) in [5.74, 6) is 0. The summed E-state index contributed by atoms with van der Waals surface area (Å²) in [6.07, 6.45) is 13.2. The molecule has 0 atom stereocenters. The zero-order chi connectivity index (χ0) is 7.61. The standard InChI is InChI=1S/C8H13ClS/c1-10(2,9)8-6-4-3-5-7-8/h4,6-7H,3,5H2,1-2H3. The highest BCUT2D eigenvalue weighted by molar-refractivity contribution is 8.53. The van der Waals surface area contributed by atoms with Crippen molar-refractivity contribution in [2.45, 2.75) is 12.8 Å². The first kappa shape index (κ1) is 8.22. The summed E-state index contributed by atoms with van der Waals surface area (Å²) >= 11 is 0. The second-order valence-electron chi connectivity index (χ2n) is 2.79. The summed E-state index contributed by atoms with van der Waals surface area (Å²) in [7, 11) is 5.20. The first-order valence-corrected chi connectivity index (χ1v) is 6.68. The van der Waals surface area contributed by atoms with Crippen molar-refractivity contribution in [3.05, 3.63) is 23.1 Å². The molecule has 0 bridgehead atoms. The van der Waals surface area contributed by atoms with E-state index >= 15 is 0 Å². The molecule has 0 fully saturated rings. The van der Waals surface area contributed by atoms with Crippen molar-refractivity contribution in [2.75, 3.05) is 12.5 Å². The first-order valence-electron chi connectivity index (χ1n) is 3.40. The van der Waals surface area contributed by atoms with Gasteiger partial charge in [0.15, 0.2) is 0 Å². The Kier molecular flexibility index (Phi) is 2.48. The fraction of sp³-hybridized carbons (Fsp3) is 0.500. The van der Waals surface area contributed by atoms with E-state index in [4.69, 9.17) is 10.7 Å². The van der Waals surface area contributed by atoms with Crippen LogP contribution in [0.5, 0.6) is 0 Å². The van der Waals surface area contributed by atoms with Crippen LogP contribution < -0.4 is 0 Å². The summed E-state index contributed by atoms with van der Waals surface area (Å²) in [5, 5.41) is 0. The van der Waals surface area contributed by atoms with E-state index < -0.39 is 9.24 Å². The van der Waals surface area contributed by atoms with E-state index in [0.29, 0.717) is 0 Å². The highest BCUT2D eigenvalue weighted by atomic mass is 35.7. The van der Waals surface area contributed by atoms with Crippen LogP contribution in [0.15, 0.2) is 23.1 Å². The van der Waals surface area contributed by atoms with Gasteiger partial charge in [0.2, 0.25) is 0 Å². The maximum atomic E-state index is 6.18. The van der Waals surface area contributed by atoms with Gasteiger partial charge in [-0.15, -0.1) is 9.24 Å². The van der Waals surface area contributed by atoms with Gasteiger partial charge in [0.25, 0.3) is 0 Å². The molecule has 1 aliphatic carbocycles. The van der Waals surface area contributed by atoms with Crippen molar-refractivity contribution in [3.63, 3.8) is 0 Å². The summed E-state index contributed by atoms with van der Waals surface area (Å²) in [5.41, 5.74) is 0. The lowest BCUT2D eigenvalue weighted by Gasteiger charge is -2.24. The molecule has 0 spiro atoms. The van der Waals surface area contributed by atoms with E-state index in [2.05, 4.69) is 30.7 Å². The molecular formula is C8H13ClS. The van der Waals surface area contributed by atoms with Crippen LogP contribution in [0.25, 0.3) is 0 Å². The van der Waals surface area contributed by atoms with Gasteiger partial charge in [-0.1, -0.05) is 28.9 Å². The number of hydrogen-bond acceptors (Lipinski definition) is 0. The van der Waals surface area contributed by atoms with E-state index in [1.165, 1.54) is 11.3 Å². The minimum atomic E-state index is -0.979. The molecular weight excluding hydrogens is 164 g/mol. The molecule has 1 rings (SSSR count). The molecule has 0 saturated heterocycles. The quantitative estimate of drug-likeness (QED) is 0.574. The van der Waals surface area contributed by atoms with Gasteiger partial charge in [0, 0.05) is 0 Å². The Morgan fingerprint density at radius 1 is 1.40 bits per heavy atom. The van der Waals surface area contributed by atoms with Crippen molar-refractivity contribution in [2.24, 2.45) is 0 Å². The van der Waals surface area contributed by atoms with Crippen molar-refractivity contribution in [1.82, 2.24) is 0 Å². The van der Waals surface area contributed by atoms with Gasteiger partial charge in [-0.3, -0.25) is 0 Å². The highest BCUT2D eigenvalue weighted by Gasteiger charge is 2.11. The van der Waals surface area contributed by atoms with Crippen molar-refractivity contribution in [3.8, 4) is 0 Å². The third kappa shape index (κ3) is 2.06. The van der Waals surface area contributed by atoms with Gasteiger partial charge in [0.05, 0.1) is 0 Å². The van der Waals surface area contributed by atoms with Crippen LogP contribution in [-0.2, 0) is 0 Å². The monoisotopic (exact) mass is 176 g/mol. The molecule has 0 heterocycles. The van der Waals surface area contributed by atoms with Gasteiger partial charge in [0.1, 0.15) is 0 Å². The van der Waals surface area contributed by atoms with E-state index in [1.54, 1.807) is 0 Å². The molecule has 0 nitrogen and oxygen atoms in total. The molecule has 0 aliphatic heterocycles. The van der Waals surface area contributed by atoms with Crippen LogP contribution in [0.3, 0.4) is 0 Å². The Bertz CT molecular complexity index is 174. The molecule has 2 heteroatoms. The Hall–Kier alpha value is 0.120. The lowest BCUT2D eigenvalue weighted by atomic mass is 10.2. The Morgan fingerprint density at radius 2 is 2.10 bits per heavy atom. The van der Waals surface area contributed by atoms with Crippen molar-refractivity contribution in [1.29, 1.82) is 0 Å². The summed E-state index contributed by atoms with van der Waals surface area (Å²) < 4.78 is 0. The molecule has 0 amide bonds. The third-order valence-electron chi connectivity index (χ3n) is 1.52. The van der Waals surface area contributed by atoms with E-state index in [1.807, 2.05) is 0 Å². The second-order valence-corrected chi connectivity index (χ2v) is 7.98. The summed E-state index contributed by atoms with van der Waals surface area (Å²) in [6, 6.07) is 0. The van der Waals surface area contributed by atoms with Gasteiger partial charge >= 0.3 is 0 Å². The summed E-state index contributed by atoms with van der Waals surface area (Å²) in [6.45, 7) is 0. The van der Waals surface area contributed by atoms with Crippen LogP contribution in [-0.4, -0.2) is 12.5 Å². The average Bonchev–Trinajstić information content (AvgIpc) is 1.88. The first-order chi connectivity index (χ1) is 4.61. The molecule has 0 unspecified atom stereocenters. The lowest BCUT2D eigenvalue weighted by Crippen LogP contribution is -1.91. The molecule has 0 N–H and O–H groups in total. The second kappa shape index (κ2) is 3.02. The SMILES string of the molecule is CS(C)(Cl)C1=CCCC=C1. The molecule has 58 valence electrons. The maximum absolute atomic E-state index is 6.18. The molecule has 0 radical (unpaired) electrons. The van der Waals surface area contributed by atoms with Gasteiger partial charge in [-0.2, -0.15) is 0 Å². The summed E-state index contributed by atoms with van der Waals surface area (Å²) in [4.78, 5) is 1.33. The predicted molar refractivity (Wildman–Crippen MR) is 51.7 cm³/mol. The van der Waals surface area contributed by atoms with E-state index in [9.17, 15) is 0 Å². The number of hydrogen-bond donors (Lipinski definition) is 0. The smallest absolute Gasteiger partial charge is 0.00182 e. The predicted octanol–water partition coefficient (Wildman–Crippen LogP) is 3.44. The largest absolute Gasteiger partial charge is 0.142 e. The van der Waals surface area contributed by atoms with Gasteiger partial charge in [-0.25, -0.2) is 0 Å². The minimum Gasteiger partial charge on any atom is -0.142 e. The van der Waals surface area contributed by atoms with Crippen LogP contribution in [0.4, 0.5) is 0 Å². The van der Waals surface area contributed by atoms with Crippen LogP contribution in [0, 0.1) is 0 Å². The molecule has 0 aromatic rings. The number of halogens is 1. The molecule has 0 aromatic heterocycles. The Morgan fingerprint density at radius 3 is 2.40 bits per heavy atom. The fourth-order valence-corrected chi connectivity index (χ4v) is 2.23. The van der Waals surface area contributed by atoms with E-state index in [0.717, 1.165) is 6.42 Å².